The maximum atomic E-state index is 11.4. The quantitative estimate of drug-likeness (QED) is 0.902. The third-order valence-electron chi connectivity index (χ3n) is 2.75. The van der Waals surface area contributed by atoms with Gasteiger partial charge in [-0.25, -0.2) is 4.68 Å². The average molecular weight is 280 g/mol. The highest BCUT2D eigenvalue weighted by atomic mass is 35.5. The third kappa shape index (κ3) is 2.77. The van der Waals surface area contributed by atoms with Gasteiger partial charge in [0, 0.05) is 18.3 Å². The largest absolute Gasteiger partial charge is 0.389 e. The van der Waals surface area contributed by atoms with Crippen molar-refractivity contribution in [3.05, 3.63) is 46.7 Å². The van der Waals surface area contributed by atoms with Gasteiger partial charge < -0.3 is 10.4 Å². The topological polar surface area (TPSA) is 67.2 Å². The first-order valence-electron chi connectivity index (χ1n) is 5.78. The molecular formula is C13H14ClN3O2. The van der Waals surface area contributed by atoms with Crippen molar-refractivity contribution in [3.63, 3.8) is 0 Å². The molecule has 2 aromatic rings. The standard InChI is InChI=1S/C13H14ClN3O2/c1-8(18)10-4-3-9(7-11(10)14)17-6-5-12(16-17)13(19)15-2/h3-8,18H,1-2H3,(H,15,19). The third-order valence-corrected chi connectivity index (χ3v) is 3.07. The Labute approximate surface area is 115 Å². The zero-order valence-corrected chi connectivity index (χ0v) is 11.3. The molecule has 0 spiro atoms. The summed E-state index contributed by atoms with van der Waals surface area (Å²) in [7, 11) is 1.55. The number of benzene rings is 1. The number of aliphatic hydroxyl groups is 1. The van der Waals surface area contributed by atoms with Gasteiger partial charge in [-0.3, -0.25) is 4.79 Å². The van der Waals surface area contributed by atoms with E-state index in [9.17, 15) is 9.90 Å². The molecule has 2 N–H and O–H groups in total. The molecule has 0 aliphatic heterocycles. The number of aliphatic hydroxyl groups excluding tert-OH is 1. The lowest BCUT2D eigenvalue weighted by Crippen LogP contribution is -2.18. The van der Waals surface area contributed by atoms with Crippen molar-refractivity contribution in [2.45, 2.75) is 13.0 Å². The van der Waals surface area contributed by atoms with Crippen molar-refractivity contribution in [2.24, 2.45) is 0 Å². The molecule has 19 heavy (non-hydrogen) atoms. The van der Waals surface area contributed by atoms with Gasteiger partial charge in [-0.15, -0.1) is 0 Å². The summed E-state index contributed by atoms with van der Waals surface area (Å²) in [6.07, 6.45) is 1.05. The van der Waals surface area contributed by atoms with Gasteiger partial charge in [0.1, 0.15) is 0 Å². The normalized spacial score (nSPS) is 12.2. The number of carbonyl (C=O) groups excluding carboxylic acids is 1. The minimum atomic E-state index is -0.624. The fraction of sp³-hybridized carbons (Fsp3) is 0.231. The number of halogens is 1. The molecule has 1 heterocycles. The Hall–Kier alpha value is -1.85. The molecule has 2 rings (SSSR count). The van der Waals surface area contributed by atoms with Crippen molar-refractivity contribution in [1.82, 2.24) is 15.1 Å². The summed E-state index contributed by atoms with van der Waals surface area (Å²) in [5.41, 5.74) is 1.71. The fourth-order valence-corrected chi connectivity index (χ4v) is 2.05. The van der Waals surface area contributed by atoms with Crippen LogP contribution in [-0.2, 0) is 0 Å². The van der Waals surface area contributed by atoms with Crippen molar-refractivity contribution in [1.29, 1.82) is 0 Å². The molecule has 0 saturated carbocycles. The lowest BCUT2D eigenvalue weighted by atomic mass is 10.1. The minimum Gasteiger partial charge on any atom is -0.389 e. The van der Waals surface area contributed by atoms with Crippen molar-refractivity contribution in [3.8, 4) is 5.69 Å². The summed E-state index contributed by atoms with van der Waals surface area (Å²) in [6.45, 7) is 1.65. The molecule has 5 nitrogen and oxygen atoms in total. The highest BCUT2D eigenvalue weighted by Gasteiger charge is 2.11. The van der Waals surface area contributed by atoms with Crippen LogP contribution in [0.1, 0.15) is 29.1 Å². The van der Waals surface area contributed by atoms with E-state index in [1.807, 2.05) is 0 Å². The molecular weight excluding hydrogens is 266 g/mol. The predicted octanol–water partition coefficient (Wildman–Crippen LogP) is 1.94. The molecule has 0 saturated heterocycles. The Bertz CT molecular complexity index is 608. The van der Waals surface area contributed by atoms with Crippen LogP contribution in [0.5, 0.6) is 0 Å². The van der Waals surface area contributed by atoms with Gasteiger partial charge in [-0.2, -0.15) is 5.10 Å². The number of nitrogens with one attached hydrogen (secondary N) is 1. The lowest BCUT2D eigenvalue weighted by Gasteiger charge is -2.09. The molecule has 6 heteroatoms. The summed E-state index contributed by atoms with van der Waals surface area (Å²) in [4.78, 5) is 11.4. The average Bonchev–Trinajstić information content (AvgIpc) is 2.86. The molecule has 1 aromatic heterocycles. The Kier molecular flexibility index (Phi) is 3.87. The van der Waals surface area contributed by atoms with Crippen molar-refractivity contribution in [2.75, 3.05) is 7.05 Å². The summed E-state index contributed by atoms with van der Waals surface area (Å²) in [5.74, 6) is -0.245. The van der Waals surface area contributed by atoms with E-state index >= 15 is 0 Å². The van der Waals surface area contributed by atoms with E-state index in [2.05, 4.69) is 10.4 Å². The maximum Gasteiger partial charge on any atom is 0.271 e. The molecule has 1 unspecified atom stereocenters. The van der Waals surface area contributed by atoms with E-state index in [-0.39, 0.29) is 5.91 Å². The Balaban J connectivity index is 2.35. The first-order chi connectivity index (χ1) is 9.02. The molecule has 1 aromatic carbocycles. The number of carbonyl (C=O) groups is 1. The second-order valence-electron chi connectivity index (χ2n) is 4.11. The Morgan fingerprint density at radius 2 is 2.21 bits per heavy atom. The van der Waals surface area contributed by atoms with Crippen molar-refractivity contribution >= 4 is 17.5 Å². The molecule has 1 atom stereocenters. The molecule has 0 aliphatic rings. The molecule has 100 valence electrons. The van der Waals surface area contributed by atoms with E-state index in [0.29, 0.717) is 16.3 Å². The smallest absolute Gasteiger partial charge is 0.271 e. The van der Waals surface area contributed by atoms with E-state index in [4.69, 9.17) is 11.6 Å². The SMILES string of the molecule is CNC(=O)c1ccn(-c2ccc(C(C)O)c(Cl)c2)n1. The van der Waals surface area contributed by atoms with Gasteiger partial charge in [0.15, 0.2) is 5.69 Å². The molecule has 0 radical (unpaired) electrons. The van der Waals surface area contributed by atoms with Gasteiger partial charge in [0.05, 0.1) is 11.8 Å². The zero-order valence-electron chi connectivity index (χ0n) is 10.6. The van der Waals surface area contributed by atoms with E-state index < -0.39 is 6.10 Å². The fourth-order valence-electron chi connectivity index (χ4n) is 1.71. The number of aromatic nitrogens is 2. The Morgan fingerprint density at radius 3 is 2.79 bits per heavy atom. The van der Waals surface area contributed by atoms with E-state index in [0.717, 1.165) is 5.69 Å². The summed E-state index contributed by atoms with van der Waals surface area (Å²) in [6, 6.07) is 6.84. The maximum absolute atomic E-state index is 11.4. The van der Waals surface area contributed by atoms with E-state index in [1.165, 1.54) is 0 Å². The highest BCUT2D eigenvalue weighted by Crippen LogP contribution is 2.25. The van der Waals surface area contributed by atoms with Crippen LogP contribution < -0.4 is 5.32 Å². The number of amides is 1. The van der Waals surface area contributed by atoms with Crippen LogP contribution in [0, 0.1) is 0 Å². The summed E-state index contributed by atoms with van der Waals surface area (Å²) < 4.78 is 1.56. The van der Waals surface area contributed by atoms with Gasteiger partial charge >= 0.3 is 0 Å². The van der Waals surface area contributed by atoms with Gasteiger partial charge in [0.25, 0.3) is 5.91 Å². The van der Waals surface area contributed by atoms with Gasteiger partial charge in [-0.1, -0.05) is 17.7 Å². The monoisotopic (exact) mass is 279 g/mol. The van der Waals surface area contributed by atoms with Crippen LogP contribution in [0.3, 0.4) is 0 Å². The van der Waals surface area contributed by atoms with Crippen LogP contribution in [0.4, 0.5) is 0 Å². The first-order valence-corrected chi connectivity index (χ1v) is 6.16. The highest BCUT2D eigenvalue weighted by molar-refractivity contribution is 6.31. The summed E-state index contributed by atoms with van der Waals surface area (Å²) >= 11 is 6.09. The number of hydrogen-bond acceptors (Lipinski definition) is 3. The first kappa shape index (κ1) is 13.6. The predicted molar refractivity (Wildman–Crippen MR) is 72.6 cm³/mol. The minimum absolute atomic E-state index is 0.245. The molecule has 0 bridgehead atoms. The van der Waals surface area contributed by atoms with Crippen molar-refractivity contribution < 1.29 is 9.90 Å². The summed E-state index contributed by atoms with van der Waals surface area (Å²) in [5, 5.41) is 16.6. The second-order valence-corrected chi connectivity index (χ2v) is 4.51. The number of nitrogens with zero attached hydrogens (tertiary/aromatic N) is 2. The van der Waals surface area contributed by atoms with Crippen LogP contribution >= 0.6 is 11.6 Å². The van der Waals surface area contributed by atoms with Crippen LogP contribution in [0.25, 0.3) is 5.69 Å². The Morgan fingerprint density at radius 1 is 1.47 bits per heavy atom. The zero-order chi connectivity index (χ0) is 14.0. The molecule has 1 amide bonds. The number of hydrogen-bond donors (Lipinski definition) is 2. The molecule has 0 aliphatic carbocycles. The number of rotatable bonds is 3. The second kappa shape index (κ2) is 5.42. The van der Waals surface area contributed by atoms with Crippen LogP contribution in [0.15, 0.2) is 30.5 Å². The lowest BCUT2D eigenvalue weighted by molar-refractivity contribution is 0.0957. The van der Waals surface area contributed by atoms with E-state index in [1.54, 1.807) is 49.1 Å². The van der Waals surface area contributed by atoms with Gasteiger partial charge in [-0.05, 0) is 30.7 Å². The van der Waals surface area contributed by atoms with Gasteiger partial charge in [0.2, 0.25) is 0 Å². The van der Waals surface area contributed by atoms with Crippen LogP contribution in [0.2, 0.25) is 5.02 Å². The van der Waals surface area contributed by atoms with Crippen LogP contribution in [-0.4, -0.2) is 27.8 Å². The molecule has 0 fully saturated rings.